The molecule has 2 rings (SSSR count). The van der Waals surface area contributed by atoms with E-state index in [1.807, 2.05) is 6.92 Å². The third-order valence-electron chi connectivity index (χ3n) is 3.50. The second-order valence-electron chi connectivity index (χ2n) is 5.85. The zero-order valence-corrected chi connectivity index (χ0v) is 15.9. The van der Waals surface area contributed by atoms with Crippen molar-refractivity contribution in [3.63, 3.8) is 0 Å². The van der Waals surface area contributed by atoms with Crippen LogP contribution in [-0.2, 0) is 11.3 Å². The topological polar surface area (TPSA) is 71.6 Å². The number of rotatable bonds is 7. The molecule has 27 heavy (non-hydrogen) atoms. The fraction of sp³-hybridized carbons (Fsp3) is 0.263. The van der Waals surface area contributed by atoms with Gasteiger partial charge in [-0.05, 0) is 55.0 Å². The summed E-state index contributed by atoms with van der Waals surface area (Å²) in [5.41, 5.74) is 6.40. The molecule has 0 aliphatic heterocycles. The Bertz CT molecular complexity index is 771. The van der Waals surface area contributed by atoms with Crippen LogP contribution in [-0.4, -0.2) is 30.8 Å². The SMILES string of the molecule is COC[C@H](C)NC(=S)NNC(=O)c1cccc(OCc2ccc(F)cc2)c1. The van der Waals surface area contributed by atoms with Crippen molar-refractivity contribution in [2.24, 2.45) is 0 Å². The first-order chi connectivity index (χ1) is 13.0. The third kappa shape index (κ3) is 7.20. The molecule has 1 atom stereocenters. The summed E-state index contributed by atoms with van der Waals surface area (Å²) in [6, 6.07) is 12.8. The van der Waals surface area contributed by atoms with Crippen LogP contribution in [0.15, 0.2) is 48.5 Å². The van der Waals surface area contributed by atoms with Crippen LogP contribution in [0.2, 0.25) is 0 Å². The molecule has 144 valence electrons. The standard InChI is InChI=1S/C19H22FN3O3S/c1-13(11-25-2)21-19(27)23-22-18(24)15-4-3-5-17(10-15)26-12-14-6-8-16(20)9-7-14/h3-10,13H,11-12H2,1-2H3,(H,22,24)(H2,21,23,27)/t13-/m0/s1. The molecule has 0 aliphatic rings. The van der Waals surface area contributed by atoms with Crippen LogP contribution in [0.4, 0.5) is 4.39 Å². The Labute approximate surface area is 163 Å². The van der Waals surface area contributed by atoms with E-state index in [0.717, 1.165) is 5.56 Å². The van der Waals surface area contributed by atoms with Gasteiger partial charge in [-0.1, -0.05) is 18.2 Å². The first-order valence-electron chi connectivity index (χ1n) is 8.31. The summed E-state index contributed by atoms with van der Waals surface area (Å²) in [7, 11) is 1.60. The van der Waals surface area contributed by atoms with E-state index in [2.05, 4.69) is 16.2 Å². The Morgan fingerprint density at radius 1 is 1.19 bits per heavy atom. The van der Waals surface area contributed by atoms with Crippen LogP contribution in [0.1, 0.15) is 22.8 Å². The minimum atomic E-state index is -0.356. The number of ether oxygens (including phenoxy) is 2. The Morgan fingerprint density at radius 2 is 1.93 bits per heavy atom. The van der Waals surface area contributed by atoms with Crippen LogP contribution >= 0.6 is 12.2 Å². The highest BCUT2D eigenvalue weighted by Gasteiger charge is 2.09. The summed E-state index contributed by atoms with van der Waals surface area (Å²) in [5, 5.41) is 3.26. The Balaban J connectivity index is 1.85. The largest absolute Gasteiger partial charge is 0.489 e. The van der Waals surface area contributed by atoms with Crippen LogP contribution in [0, 0.1) is 5.82 Å². The van der Waals surface area contributed by atoms with Crippen molar-refractivity contribution in [3.05, 3.63) is 65.5 Å². The van der Waals surface area contributed by atoms with Gasteiger partial charge in [0.25, 0.3) is 5.91 Å². The second kappa shape index (κ2) is 10.4. The number of methoxy groups -OCH3 is 1. The van der Waals surface area contributed by atoms with Gasteiger partial charge in [0.2, 0.25) is 0 Å². The third-order valence-corrected chi connectivity index (χ3v) is 3.72. The van der Waals surface area contributed by atoms with Crippen LogP contribution in [0.25, 0.3) is 0 Å². The van der Waals surface area contributed by atoms with Gasteiger partial charge in [-0.25, -0.2) is 4.39 Å². The lowest BCUT2D eigenvalue weighted by Crippen LogP contribution is -2.49. The lowest BCUT2D eigenvalue weighted by atomic mass is 10.2. The molecule has 0 radical (unpaired) electrons. The van der Waals surface area contributed by atoms with Gasteiger partial charge in [-0.2, -0.15) is 0 Å². The summed E-state index contributed by atoms with van der Waals surface area (Å²) >= 11 is 5.10. The molecule has 8 heteroatoms. The number of carbonyl (C=O) groups excluding carboxylic acids is 1. The second-order valence-corrected chi connectivity index (χ2v) is 6.26. The van der Waals surface area contributed by atoms with Gasteiger partial charge in [0, 0.05) is 18.7 Å². The summed E-state index contributed by atoms with van der Waals surface area (Å²) < 4.78 is 23.6. The molecule has 1 amide bonds. The zero-order valence-electron chi connectivity index (χ0n) is 15.1. The maximum Gasteiger partial charge on any atom is 0.269 e. The molecule has 0 fully saturated rings. The predicted octanol–water partition coefficient (Wildman–Crippen LogP) is 2.55. The molecule has 0 heterocycles. The van der Waals surface area contributed by atoms with E-state index >= 15 is 0 Å². The normalized spacial score (nSPS) is 11.4. The van der Waals surface area contributed by atoms with Crippen LogP contribution in [0.5, 0.6) is 5.75 Å². The summed E-state index contributed by atoms with van der Waals surface area (Å²) in [5.74, 6) is -0.124. The van der Waals surface area contributed by atoms with Crippen LogP contribution < -0.4 is 20.9 Å². The molecular formula is C19H22FN3O3S. The summed E-state index contributed by atoms with van der Waals surface area (Å²) in [6.45, 7) is 2.67. The van der Waals surface area contributed by atoms with Crippen molar-refractivity contribution < 1.29 is 18.7 Å². The number of nitrogens with one attached hydrogen (secondary N) is 3. The number of benzene rings is 2. The fourth-order valence-corrected chi connectivity index (χ4v) is 2.46. The van der Waals surface area contributed by atoms with Gasteiger partial charge in [0.05, 0.1) is 6.61 Å². The van der Waals surface area contributed by atoms with Crippen molar-refractivity contribution >= 4 is 23.2 Å². The monoisotopic (exact) mass is 391 g/mol. The van der Waals surface area contributed by atoms with Gasteiger partial charge in [-0.3, -0.25) is 15.6 Å². The van der Waals surface area contributed by atoms with Crippen molar-refractivity contribution in [2.75, 3.05) is 13.7 Å². The molecule has 0 unspecified atom stereocenters. The average molecular weight is 391 g/mol. The summed E-state index contributed by atoms with van der Waals surface area (Å²) in [4.78, 5) is 12.2. The molecule has 2 aromatic rings. The Hall–Kier alpha value is -2.71. The smallest absolute Gasteiger partial charge is 0.269 e. The number of hydrogen-bond acceptors (Lipinski definition) is 4. The van der Waals surface area contributed by atoms with E-state index < -0.39 is 0 Å². The molecular weight excluding hydrogens is 369 g/mol. The van der Waals surface area contributed by atoms with Crippen LogP contribution in [0.3, 0.4) is 0 Å². The molecule has 0 bridgehead atoms. The molecule has 0 aromatic heterocycles. The molecule has 0 saturated heterocycles. The van der Waals surface area contributed by atoms with Gasteiger partial charge < -0.3 is 14.8 Å². The van der Waals surface area contributed by atoms with Gasteiger partial charge in [-0.15, -0.1) is 0 Å². The zero-order chi connectivity index (χ0) is 19.6. The quantitative estimate of drug-likeness (QED) is 0.498. The van der Waals surface area contributed by atoms with Crippen molar-refractivity contribution in [1.82, 2.24) is 16.2 Å². The maximum atomic E-state index is 12.9. The van der Waals surface area contributed by atoms with E-state index in [1.54, 1.807) is 43.5 Å². The number of hydrogen-bond donors (Lipinski definition) is 3. The number of carbonyl (C=O) groups is 1. The van der Waals surface area contributed by atoms with E-state index in [-0.39, 0.29) is 29.5 Å². The van der Waals surface area contributed by atoms with E-state index in [9.17, 15) is 9.18 Å². The molecule has 6 nitrogen and oxygen atoms in total. The highest BCUT2D eigenvalue weighted by atomic mass is 32.1. The van der Waals surface area contributed by atoms with Gasteiger partial charge >= 0.3 is 0 Å². The first-order valence-corrected chi connectivity index (χ1v) is 8.72. The van der Waals surface area contributed by atoms with E-state index in [0.29, 0.717) is 17.9 Å². The number of hydrazine groups is 1. The van der Waals surface area contributed by atoms with Crippen molar-refractivity contribution in [1.29, 1.82) is 0 Å². The average Bonchev–Trinajstić information content (AvgIpc) is 2.66. The lowest BCUT2D eigenvalue weighted by molar-refractivity contribution is 0.0943. The molecule has 0 spiro atoms. The minimum absolute atomic E-state index is 0.00934. The molecule has 0 aliphatic carbocycles. The molecule has 0 saturated carbocycles. The van der Waals surface area contributed by atoms with Crippen molar-refractivity contribution in [3.8, 4) is 5.75 Å². The predicted molar refractivity (Wildman–Crippen MR) is 105 cm³/mol. The summed E-state index contributed by atoms with van der Waals surface area (Å²) in [6.07, 6.45) is 0. The Kier molecular flexibility index (Phi) is 7.97. The molecule has 3 N–H and O–H groups in total. The highest BCUT2D eigenvalue weighted by molar-refractivity contribution is 7.80. The minimum Gasteiger partial charge on any atom is -0.489 e. The Morgan fingerprint density at radius 3 is 2.63 bits per heavy atom. The lowest BCUT2D eigenvalue weighted by Gasteiger charge is -2.16. The number of thiocarbonyl (C=S) groups is 1. The highest BCUT2D eigenvalue weighted by Crippen LogP contribution is 2.15. The van der Waals surface area contributed by atoms with E-state index in [4.69, 9.17) is 21.7 Å². The van der Waals surface area contributed by atoms with Gasteiger partial charge in [0.15, 0.2) is 5.11 Å². The first kappa shape index (κ1) is 20.6. The molecule has 2 aromatic carbocycles. The fourth-order valence-electron chi connectivity index (χ4n) is 2.21. The van der Waals surface area contributed by atoms with Crippen molar-refractivity contribution in [2.45, 2.75) is 19.6 Å². The van der Waals surface area contributed by atoms with Gasteiger partial charge in [0.1, 0.15) is 18.2 Å². The maximum absolute atomic E-state index is 12.9. The number of halogens is 1. The number of amides is 1. The van der Waals surface area contributed by atoms with E-state index in [1.165, 1.54) is 12.1 Å².